The van der Waals surface area contributed by atoms with Gasteiger partial charge in [-0.1, -0.05) is 30.5 Å². The molecule has 1 aliphatic heterocycles. The van der Waals surface area contributed by atoms with Gasteiger partial charge in [-0.3, -0.25) is 4.79 Å². The molecule has 3 heteroatoms. The van der Waals surface area contributed by atoms with Gasteiger partial charge in [-0.25, -0.2) is 0 Å². The minimum atomic E-state index is 0.224. The van der Waals surface area contributed by atoms with Crippen molar-refractivity contribution in [2.45, 2.75) is 39.5 Å². The number of likely N-dealkylation sites (tertiary alicyclic amines) is 1. The molecule has 0 aliphatic carbocycles. The smallest absolute Gasteiger partial charge is 0.241 e. The maximum Gasteiger partial charge on any atom is 0.241 e. The Kier molecular flexibility index (Phi) is 4.83. The number of benzene rings is 1. The Balaban J connectivity index is 1.88. The third-order valence-corrected chi connectivity index (χ3v) is 3.77. The average molecular weight is 260 g/mol. The molecule has 1 N–H and O–H groups in total. The molecule has 0 saturated carbocycles. The lowest BCUT2D eigenvalue weighted by Gasteiger charge is -2.21. The number of carbonyl (C=O) groups excluding carboxylic acids is 1. The van der Waals surface area contributed by atoms with Crippen molar-refractivity contribution in [3.8, 4) is 0 Å². The molecule has 0 atom stereocenters. The van der Waals surface area contributed by atoms with Crippen LogP contribution in [0.2, 0.25) is 0 Å². The Morgan fingerprint density at radius 3 is 2.47 bits per heavy atom. The summed E-state index contributed by atoms with van der Waals surface area (Å²) in [7, 11) is 0. The first-order valence-electron chi connectivity index (χ1n) is 7.26. The Labute approximate surface area is 116 Å². The molecular formula is C16H24N2O. The van der Waals surface area contributed by atoms with Gasteiger partial charge in [-0.15, -0.1) is 0 Å². The molecule has 1 aliphatic rings. The van der Waals surface area contributed by atoms with E-state index in [2.05, 4.69) is 37.4 Å². The van der Waals surface area contributed by atoms with E-state index >= 15 is 0 Å². The molecule has 104 valence electrons. The number of hydrogen-bond acceptors (Lipinski definition) is 2. The Morgan fingerprint density at radius 2 is 1.84 bits per heavy atom. The maximum absolute atomic E-state index is 12.2. The quantitative estimate of drug-likeness (QED) is 0.905. The van der Waals surface area contributed by atoms with Crippen LogP contribution in [0.3, 0.4) is 0 Å². The summed E-state index contributed by atoms with van der Waals surface area (Å²) >= 11 is 0. The molecule has 1 fully saturated rings. The van der Waals surface area contributed by atoms with E-state index in [1.54, 1.807) is 0 Å². The Hall–Kier alpha value is -1.51. The third kappa shape index (κ3) is 3.98. The molecule has 1 aromatic carbocycles. The van der Waals surface area contributed by atoms with E-state index in [9.17, 15) is 4.79 Å². The molecule has 0 unspecified atom stereocenters. The molecule has 1 saturated heterocycles. The van der Waals surface area contributed by atoms with Crippen molar-refractivity contribution in [3.05, 3.63) is 29.3 Å². The van der Waals surface area contributed by atoms with Crippen LogP contribution in [0.1, 0.15) is 36.8 Å². The lowest BCUT2D eigenvalue weighted by Crippen LogP contribution is -2.36. The van der Waals surface area contributed by atoms with Crippen LogP contribution >= 0.6 is 0 Å². The number of rotatable bonds is 3. The van der Waals surface area contributed by atoms with E-state index in [1.807, 2.05) is 4.90 Å². The highest BCUT2D eigenvalue weighted by molar-refractivity contribution is 5.81. The van der Waals surface area contributed by atoms with Gasteiger partial charge in [0.15, 0.2) is 0 Å². The topological polar surface area (TPSA) is 32.3 Å². The van der Waals surface area contributed by atoms with E-state index in [0.717, 1.165) is 31.6 Å². The van der Waals surface area contributed by atoms with Gasteiger partial charge in [-0.05, 0) is 38.3 Å². The summed E-state index contributed by atoms with van der Waals surface area (Å²) in [6.45, 7) is 6.41. The molecule has 2 rings (SSSR count). The maximum atomic E-state index is 12.2. The molecule has 0 aromatic heterocycles. The van der Waals surface area contributed by atoms with Crippen molar-refractivity contribution in [2.75, 3.05) is 25.0 Å². The third-order valence-electron chi connectivity index (χ3n) is 3.77. The minimum absolute atomic E-state index is 0.224. The molecule has 1 heterocycles. The zero-order valence-corrected chi connectivity index (χ0v) is 12.0. The van der Waals surface area contributed by atoms with Gasteiger partial charge >= 0.3 is 0 Å². The first-order chi connectivity index (χ1) is 9.16. The fraction of sp³-hybridized carbons (Fsp3) is 0.562. The van der Waals surface area contributed by atoms with E-state index in [1.165, 1.54) is 24.0 Å². The van der Waals surface area contributed by atoms with Crippen molar-refractivity contribution in [1.29, 1.82) is 0 Å². The van der Waals surface area contributed by atoms with E-state index in [0.29, 0.717) is 6.54 Å². The Morgan fingerprint density at radius 1 is 1.16 bits per heavy atom. The second-order valence-corrected chi connectivity index (χ2v) is 5.47. The number of hydrogen-bond donors (Lipinski definition) is 1. The normalized spacial score (nSPS) is 16.0. The lowest BCUT2D eigenvalue weighted by atomic mass is 10.1. The van der Waals surface area contributed by atoms with Crippen molar-refractivity contribution >= 4 is 11.6 Å². The average Bonchev–Trinajstić information content (AvgIpc) is 2.66. The van der Waals surface area contributed by atoms with Crippen molar-refractivity contribution in [1.82, 2.24) is 4.90 Å². The summed E-state index contributed by atoms with van der Waals surface area (Å²) in [5.41, 5.74) is 3.51. The summed E-state index contributed by atoms with van der Waals surface area (Å²) in [5.74, 6) is 0.224. The summed E-state index contributed by atoms with van der Waals surface area (Å²) in [5, 5.41) is 3.27. The number of nitrogens with one attached hydrogen (secondary N) is 1. The molecule has 19 heavy (non-hydrogen) atoms. The van der Waals surface area contributed by atoms with Crippen molar-refractivity contribution < 1.29 is 4.79 Å². The monoisotopic (exact) mass is 260 g/mol. The Bertz CT molecular complexity index is 434. The highest BCUT2D eigenvalue weighted by Gasteiger charge is 2.15. The molecule has 0 spiro atoms. The highest BCUT2D eigenvalue weighted by Crippen LogP contribution is 2.16. The highest BCUT2D eigenvalue weighted by atomic mass is 16.2. The lowest BCUT2D eigenvalue weighted by molar-refractivity contribution is -0.129. The number of aryl methyl sites for hydroxylation is 2. The summed E-state index contributed by atoms with van der Waals surface area (Å²) < 4.78 is 0. The number of amides is 1. The number of nitrogens with zero attached hydrogens (tertiary/aromatic N) is 1. The molecule has 0 bridgehead atoms. The molecule has 0 radical (unpaired) electrons. The first-order valence-corrected chi connectivity index (χ1v) is 7.26. The zero-order valence-electron chi connectivity index (χ0n) is 12.0. The van der Waals surface area contributed by atoms with Crippen LogP contribution in [0, 0.1) is 13.8 Å². The zero-order chi connectivity index (χ0) is 13.7. The molecule has 1 amide bonds. The van der Waals surface area contributed by atoms with Crippen LogP contribution in [0.4, 0.5) is 5.69 Å². The fourth-order valence-electron chi connectivity index (χ4n) is 2.61. The first kappa shape index (κ1) is 13.9. The predicted octanol–water partition coefficient (Wildman–Crippen LogP) is 3.12. The van der Waals surface area contributed by atoms with Crippen LogP contribution < -0.4 is 5.32 Å². The van der Waals surface area contributed by atoms with Crippen LogP contribution in [0.15, 0.2) is 18.2 Å². The second kappa shape index (κ2) is 6.60. The largest absolute Gasteiger partial charge is 0.376 e. The van der Waals surface area contributed by atoms with Crippen LogP contribution in [-0.4, -0.2) is 30.4 Å². The van der Waals surface area contributed by atoms with Crippen molar-refractivity contribution in [2.24, 2.45) is 0 Å². The van der Waals surface area contributed by atoms with Gasteiger partial charge in [-0.2, -0.15) is 0 Å². The molecule has 3 nitrogen and oxygen atoms in total. The summed E-state index contributed by atoms with van der Waals surface area (Å²) in [4.78, 5) is 14.2. The van der Waals surface area contributed by atoms with Gasteiger partial charge in [0, 0.05) is 18.8 Å². The summed E-state index contributed by atoms with van der Waals surface area (Å²) in [6, 6.07) is 6.27. The van der Waals surface area contributed by atoms with Gasteiger partial charge in [0.1, 0.15) is 0 Å². The fourth-order valence-corrected chi connectivity index (χ4v) is 2.61. The van der Waals surface area contributed by atoms with Crippen LogP contribution in [0.5, 0.6) is 0 Å². The number of carbonyl (C=O) groups is 1. The second-order valence-electron chi connectivity index (χ2n) is 5.47. The summed E-state index contributed by atoms with van der Waals surface area (Å²) in [6.07, 6.45) is 4.81. The van der Waals surface area contributed by atoms with Crippen LogP contribution in [0.25, 0.3) is 0 Å². The minimum Gasteiger partial charge on any atom is -0.376 e. The number of anilines is 1. The van der Waals surface area contributed by atoms with Crippen molar-refractivity contribution in [3.63, 3.8) is 0 Å². The molecule has 1 aromatic rings. The van der Waals surface area contributed by atoms with Gasteiger partial charge in [0.05, 0.1) is 6.54 Å². The van der Waals surface area contributed by atoms with Gasteiger partial charge in [0.2, 0.25) is 5.91 Å². The predicted molar refractivity (Wildman–Crippen MR) is 79.5 cm³/mol. The van der Waals surface area contributed by atoms with Crippen LogP contribution in [-0.2, 0) is 4.79 Å². The van der Waals surface area contributed by atoms with Gasteiger partial charge in [0.25, 0.3) is 0 Å². The van der Waals surface area contributed by atoms with E-state index in [-0.39, 0.29) is 5.91 Å². The molecular weight excluding hydrogens is 236 g/mol. The van der Waals surface area contributed by atoms with Gasteiger partial charge < -0.3 is 10.2 Å². The van der Waals surface area contributed by atoms with E-state index in [4.69, 9.17) is 0 Å². The standard InChI is InChI=1S/C16H24N2O/c1-13-7-8-15(14(2)11-13)17-12-16(19)18-9-5-3-4-6-10-18/h7-8,11,17H,3-6,9-10,12H2,1-2H3. The van der Waals surface area contributed by atoms with E-state index < -0.39 is 0 Å². The SMILES string of the molecule is Cc1ccc(NCC(=O)N2CCCCCC2)c(C)c1.